The van der Waals surface area contributed by atoms with Crippen molar-refractivity contribution in [1.29, 1.82) is 0 Å². The van der Waals surface area contributed by atoms with Crippen LogP contribution in [0.3, 0.4) is 0 Å². The molecule has 0 amide bonds. The molecule has 390 valence electrons. The van der Waals surface area contributed by atoms with E-state index in [-0.39, 0.29) is 31.1 Å². The highest BCUT2D eigenvalue weighted by Crippen LogP contribution is 2.16. The van der Waals surface area contributed by atoms with Crippen molar-refractivity contribution in [2.45, 2.75) is 309 Å². The van der Waals surface area contributed by atoms with E-state index in [9.17, 15) is 14.4 Å². The third kappa shape index (κ3) is 54.2. The van der Waals surface area contributed by atoms with Gasteiger partial charge in [-0.25, -0.2) is 0 Å². The van der Waals surface area contributed by atoms with E-state index in [1.165, 1.54) is 180 Å². The average Bonchev–Trinajstić information content (AvgIpc) is 3.33. The van der Waals surface area contributed by atoms with Crippen LogP contribution in [0, 0.1) is 0 Å². The quantitative estimate of drug-likeness (QED) is 0.0262. The van der Waals surface area contributed by atoms with Crippen LogP contribution < -0.4 is 0 Å². The van der Waals surface area contributed by atoms with Gasteiger partial charge < -0.3 is 14.2 Å². The summed E-state index contributed by atoms with van der Waals surface area (Å²) >= 11 is 0. The Bertz CT molecular complexity index is 1170. The van der Waals surface area contributed by atoms with Crippen LogP contribution in [-0.4, -0.2) is 37.2 Å². The second kappa shape index (κ2) is 56.0. The van der Waals surface area contributed by atoms with Gasteiger partial charge in [0, 0.05) is 19.3 Å². The lowest BCUT2D eigenvalue weighted by atomic mass is 10.0. The molecule has 0 aliphatic heterocycles. The molecular formula is C61H110O6. The molecule has 0 radical (unpaired) electrons. The molecule has 0 spiro atoms. The van der Waals surface area contributed by atoms with E-state index in [1.54, 1.807) is 0 Å². The van der Waals surface area contributed by atoms with Crippen molar-refractivity contribution in [3.63, 3.8) is 0 Å². The third-order valence-electron chi connectivity index (χ3n) is 12.8. The highest BCUT2D eigenvalue weighted by atomic mass is 16.6. The summed E-state index contributed by atoms with van der Waals surface area (Å²) < 4.78 is 16.8. The average molecular weight is 940 g/mol. The SMILES string of the molecule is CCCC/C=C\CCCCCCCC(=O)OC(COC(=O)CCCCCCCCCCCCC)COC(=O)CCCCCCCCCCCCCC/C=C\C/C=C\C/C=C\CCCCCCC. The second-order valence-electron chi connectivity index (χ2n) is 19.6. The van der Waals surface area contributed by atoms with Gasteiger partial charge in [0.15, 0.2) is 6.10 Å². The second-order valence-corrected chi connectivity index (χ2v) is 19.6. The van der Waals surface area contributed by atoms with Gasteiger partial charge in [-0.05, 0) is 77.0 Å². The number of carbonyl (C=O) groups is 3. The van der Waals surface area contributed by atoms with Crippen LogP contribution in [0.1, 0.15) is 303 Å². The Balaban J connectivity index is 4.15. The Morgan fingerprint density at radius 1 is 0.299 bits per heavy atom. The van der Waals surface area contributed by atoms with Crippen LogP contribution in [-0.2, 0) is 28.6 Å². The van der Waals surface area contributed by atoms with E-state index < -0.39 is 6.10 Å². The van der Waals surface area contributed by atoms with Gasteiger partial charge in [-0.15, -0.1) is 0 Å². The highest BCUT2D eigenvalue weighted by molar-refractivity contribution is 5.71. The predicted octanol–water partition coefficient (Wildman–Crippen LogP) is 19.4. The van der Waals surface area contributed by atoms with E-state index in [2.05, 4.69) is 69.4 Å². The minimum atomic E-state index is -0.774. The fourth-order valence-electron chi connectivity index (χ4n) is 8.37. The highest BCUT2D eigenvalue weighted by Gasteiger charge is 2.19. The van der Waals surface area contributed by atoms with Crippen molar-refractivity contribution in [2.75, 3.05) is 13.2 Å². The molecule has 0 heterocycles. The zero-order chi connectivity index (χ0) is 48.6. The molecule has 0 saturated carbocycles. The summed E-state index contributed by atoms with van der Waals surface area (Å²) in [6, 6.07) is 0. The number of unbranched alkanes of at least 4 members (excludes halogenated alkanes) is 34. The number of hydrogen-bond donors (Lipinski definition) is 0. The third-order valence-corrected chi connectivity index (χ3v) is 12.8. The summed E-state index contributed by atoms with van der Waals surface area (Å²) in [6.07, 6.45) is 68.3. The normalized spacial score (nSPS) is 12.3. The molecule has 0 rings (SSSR count). The Labute approximate surface area is 416 Å². The minimum absolute atomic E-state index is 0.0739. The van der Waals surface area contributed by atoms with Crippen LogP contribution in [0.25, 0.3) is 0 Å². The van der Waals surface area contributed by atoms with Gasteiger partial charge in [-0.1, -0.05) is 256 Å². The lowest BCUT2D eigenvalue weighted by molar-refractivity contribution is -0.167. The predicted molar refractivity (Wildman–Crippen MR) is 289 cm³/mol. The Morgan fingerprint density at radius 3 is 0.896 bits per heavy atom. The van der Waals surface area contributed by atoms with Crippen molar-refractivity contribution >= 4 is 17.9 Å². The fraction of sp³-hybridized carbons (Fsp3) is 0.820. The molecule has 67 heavy (non-hydrogen) atoms. The number of allylic oxidation sites excluding steroid dienone is 8. The van der Waals surface area contributed by atoms with E-state index in [0.717, 1.165) is 83.5 Å². The van der Waals surface area contributed by atoms with E-state index >= 15 is 0 Å². The maximum absolute atomic E-state index is 12.8. The monoisotopic (exact) mass is 939 g/mol. The minimum Gasteiger partial charge on any atom is -0.462 e. The van der Waals surface area contributed by atoms with Crippen LogP contribution in [0.5, 0.6) is 0 Å². The molecule has 0 bridgehead atoms. The number of rotatable bonds is 53. The first-order chi connectivity index (χ1) is 33.0. The molecule has 1 unspecified atom stereocenters. The largest absolute Gasteiger partial charge is 0.462 e. The van der Waals surface area contributed by atoms with E-state index in [1.807, 2.05) is 0 Å². The van der Waals surface area contributed by atoms with Crippen LogP contribution in [0.4, 0.5) is 0 Å². The summed E-state index contributed by atoms with van der Waals surface area (Å²) in [6.45, 7) is 6.60. The van der Waals surface area contributed by atoms with Gasteiger partial charge in [-0.3, -0.25) is 14.4 Å². The van der Waals surface area contributed by atoms with Crippen molar-refractivity contribution < 1.29 is 28.6 Å². The smallest absolute Gasteiger partial charge is 0.306 e. The molecule has 6 heteroatoms. The van der Waals surface area contributed by atoms with Crippen LogP contribution in [0.2, 0.25) is 0 Å². The lowest BCUT2D eigenvalue weighted by Crippen LogP contribution is -2.30. The maximum atomic E-state index is 12.8. The summed E-state index contributed by atoms with van der Waals surface area (Å²) in [5, 5.41) is 0. The zero-order valence-electron chi connectivity index (χ0n) is 44.7. The molecule has 0 aliphatic carbocycles. The van der Waals surface area contributed by atoms with Crippen LogP contribution >= 0.6 is 0 Å². The van der Waals surface area contributed by atoms with Gasteiger partial charge in [0.05, 0.1) is 0 Å². The number of carbonyl (C=O) groups excluding carboxylic acids is 3. The molecule has 0 N–H and O–H groups in total. The van der Waals surface area contributed by atoms with Crippen LogP contribution in [0.15, 0.2) is 48.6 Å². The summed E-state index contributed by atoms with van der Waals surface area (Å²) in [4.78, 5) is 38.0. The fourth-order valence-corrected chi connectivity index (χ4v) is 8.37. The Kier molecular flexibility index (Phi) is 53.8. The number of esters is 3. The molecule has 0 fully saturated rings. The Hall–Kier alpha value is -2.63. The standard InChI is InChI=1S/C61H110O6/c1-4-7-10-13-16-19-22-23-24-25-26-27-28-29-30-31-32-33-34-35-36-37-40-42-45-48-51-54-60(63)66-57-58(67-61(64)55-52-49-46-43-39-21-18-15-12-9-6-3)56-65-59(62)53-50-47-44-41-38-20-17-14-11-8-5-2/h15,18,22-23,25-26,28-29,58H,4-14,16-17,19-21,24,27,30-57H2,1-3H3/b18-15-,23-22-,26-25-,29-28-. The molecule has 1 atom stereocenters. The first-order valence-corrected chi connectivity index (χ1v) is 29.1. The van der Waals surface area contributed by atoms with Crippen molar-refractivity contribution in [3.8, 4) is 0 Å². The molecule has 0 aromatic rings. The molecule has 0 aromatic heterocycles. The van der Waals surface area contributed by atoms with Crippen molar-refractivity contribution in [2.24, 2.45) is 0 Å². The molecule has 0 aromatic carbocycles. The summed E-state index contributed by atoms with van der Waals surface area (Å²) in [7, 11) is 0. The number of hydrogen-bond acceptors (Lipinski definition) is 6. The molecule has 6 nitrogen and oxygen atoms in total. The maximum Gasteiger partial charge on any atom is 0.306 e. The summed E-state index contributed by atoms with van der Waals surface area (Å²) in [5.74, 6) is -0.875. The van der Waals surface area contributed by atoms with Gasteiger partial charge in [0.25, 0.3) is 0 Å². The van der Waals surface area contributed by atoms with E-state index in [4.69, 9.17) is 14.2 Å². The van der Waals surface area contributed by atoms with Gasteiger partial charge in [0.1, 0.15) is 13.2 Å². The molecular weight excluding hydrogens is 829 g/mol. The topological polar surface area (TPSA) is 78.9 Å². The van der Waals surface area contributed by atoms with Gasteiger partial charge in [0.2, 0.25) is 0 Å². The van der Waals surface area contributed by atoms with Gasteiger partial charge in [-0.2, -0.15) is 0 Å². The first-order valence-electron chi connectivity index (χ1n) is 29.1. The van der Waals surface area contributed by atoms with Crippen molar-refractivity contribution in [1.82, 2.24) is 0 Å². The Morgan fingerprint density at radius 2 is 0.552 bits per heavy atom. The van der Waals surface area contributed by atoms with Crippen molar-refractivity contribution in [3.05, 3.63) is 48.6 Å². The zero-order valence-corrected chi connectivity index (χ0v) is 44.7. The lowest BCUT2D eigenvalue weighted by Gasteiger charge is -2.18. The molecule has 0 saturated heterocycles. The number of ether oxygens (including phenoxy) is 3. The molecule has 0 aliphatic rings. The first kappa shape index (κ1) is 64.4. The van der Waals surface area contributed by atoms with Gasteiger partial charge >= 0.3 is 17.9 Å². The van der Waals surface area contributed by atoms with E-state index in [0.29, 0.717) is 19.3 Å². The summed E-state index contributed by atoms with van der Waals surface area (Å²) in [5.41, 5.74) is 0.